The standard InChI is InChI=1S/C16H21N3O/c1-11(2)9-12-5-4-6-13(10-12)16(17)14-7-8-15(20-3)19-18-14/h4-8,10-11,16H,9,17H2,1-3H3. The average molecular weight is 271 g/mol. The van der Waals surface area contributed by atoms with E-state index in [4.69, 9.17) is 10.5 Å². The molecule has 0 aliphatic rings. The van der Waals surface area contributed by atoms with Crippen molar-refractivity contribution in [2.24, 2.45) is 11.7 Å². The van der Waals surface area contributed by atoms with Crippen LogP contribution in [0, 0.1) is 5.92 Å². The number of methoxy groups -OCH3 is 1. The highest BCUT2D eigenvalue weighted by molar-refractivity contribution is 5.31. The van der Waals surface area contributed by atoms with Gasteiger partial charge in [-0.3, -0.25) is 0 Å². The molecule has 0 aliphatic carbocycles. The van der Waals surface area contributed by atoms with E-state index in [1.54, 1.807) is 13.2 Å². The van der Waals surface area contributed by atoms with E-state index in [9.17, 15) is 0 Å². The van der Waals surface area contributed by atoms with Gasteiger partial charge in [0.05, 0.1) is 18.8 Å². The van der Waals surface area contributed by atoms with E-state index in [2.05, 4.69) is 36.2 Å². The maximum Gasteiger partial charge on any atom is 0.233 e. The molecule has 0 radical (unpaired) electrons. The van der Waals surface area contributed by atoms with Crippen LogP contribution in [0.2, 0.25) is 0 Å². The minimum atomic E-state index is -0.263. The Morgan fingerprint density at radius 3 is 2.55 bits per heavy atom. The fourth-order valence-corrected chi connectivity index (χ4v) is 2.16. The van der Waals surface area contributed by atoms with Gasteiger partial charge in [0.2, 0.25) is 5.88 Å². The van der Waals surface area contributed by atoms with Crippen molar-refractivity contribution < 1.29 is 4.74 Å². The molecule has 1 aromatic heterocycles. The van der Waals surface area contributed by atoms with Crippen LogP contribution >= 0.6 is 0 Å². The summed E-state index contributed by atoms with van der Waals surface area (Å²) in [6, 6.07) is 11.7. The highest BCUT2D eigenvalue weighted by Gasteiger charge is 2.12. The second kappa shape index (κ2) is 6.48. The van der Waals surface area contributed by atoms with Gasteiger partial charge in [0.1, 0.15) is 0 Å². The zero-order valence-corrected chi connectivity index (χ0v) is 12.2. The topological polar surface area (TPSA) is 61.0 Å². The van der Waals surface area contributed by atoms with Gasteiger partial charge in [-0.2, -0.15) is 0 Å². The first kappa shape index (κ1) is 14.5. The highest BCUT2D eigenvalue weighted by Crippen LogP contribution is 2.20. The zero-order valence-electron chi connectivity index (χ0n) is 12.2. The summed E-state index contributed by atoms with van der Waals surface area (Å²) in [6.07, 6.45) is 1.05. The molecule has 106 valence electrons. The molecule has 4 heteroatoms. The summed E-state index contributed by atoms with van der Waals surface area (Å²) in [5.41, 5.74) is 9.37. The maximum atomic E-state index is 6.26. The minimum absolute atomic E-state index is 0.263. The van der Waals surface area contributed by atoms with Crippen molar-refractivity contribution in [3.63, 3.8) is 0 Å². The van der Waals surface area contributed by atoms with Gasteiger partial charge >= 0.3 is 0 Å². The first-order chi connectivity index (χ1) is 9.60. The lowest BCUT2D eigenvalue weighted by Gasteiger charge is -2.13. The van der Waals surface area contributed by atoms with Gasteiger partial charge < -0.3 is 10.5 Å². The Bertz CT molecular complexity index is 552. The Labute approximate surface area is 120 Å². The SMILES string of the molecule is COc1ccc(C(N)c2cccc(CC(C)C)c2)nn1. The molecule has 20 heavy (non-hydrogen) atoms. The van der Waals surface area contributed by atoms with Crippen LogP contribution < -0.4 is 10.5 Å². The van der Waals surface area contributed by atoms with Gasteiger partial charge in [0.25, 0.3) is 0 Å². The van der Waals surface area contributed by atoms with Gasteiger partial charge in [-0.25, -0.2) is 0 Å². The predicted molar refractivity (Wildman–Crippen MR) is 79.6 cm³/mol. The van der Waals surface area contributed by atoms with Crippen LogP contribution in [0.25, 0.3) is 0 Å². The van der Waals surface area contributed by atoms with Crippen molar-refractivity contribution in [3.8, 4) is 5.88 Å². The number of rotatable bonds is 5. The van der Waals surface area contributed by atoms with E-state index in [1.807, 2.05) is 18.2 Å². The molecule has 0 bridgehead atoms. The number of ether oxygens (including phenoxy) is 1. The van der Waals surface area contributed by atoms with Crippen molar-refractivity contribution in [1.82, 2.24) is 10.2 Å². The average Bonchev–Trinajstić information content (AvgIpc) is 2.46. The molecule has 2 N–H and O–H groups in total. The molecule has 0 spiro atoms. The molecule has 0 aliphatic heterocycles. The van der Waals surface area contributed by atoms with Gasteiger partial charge in [0, 0.05) is 6.07 Å². The normalized spacial score (nSPS) is 12.4. The van der Waals surface area contributed by atoms with Crippen molar-refractivity contribution in [2.75, 3.05) is 7.11 Å². The van der Waals surface area contributed by atoms with E-state index in [0.29, 0.717) is 11.8 Å². The van der Waals surface area contributed by atoms with Crippen LogP contribution in [0.4, 0.5) is 0 Å². The van der Waals surface area contributed by atoms with Crippen molar-refractivity contribution >= 4 is 0 Å². The fraction of sp³-hybridized carbons (Fsp3) is 0.375. The van der Waals surface area contributed by atoms with Gasteiger partial charge in [-0.15, -0.1) is 10.2 Å². The van der Waals surface area contributed by atoms with Gasteiger partial charge in [-0.05, 0) is 29.5 Å². The number of hydrogen-bond donors (Lipinski definition) is 1. The number of benzene rings is 1. The summed E-state index contributed by atoms with van der Waals surface area (Å²) < 4.78 is 5.00. The molecule has 0 saturated carbocycles. The Balaban J connectivity index is 2.20. The monoisotopic (exact) mass is 271 g/mol. The van der Waals surface area contributed by atoms with E-state index in [1.165, 1.54) is 5.56 Å². The molecule has 2 aromatic rings. The van der Waals surface area contributed by atoms with Crippen LogP contribution in [-0.2, 0) is 6.42 Å². The molecule has 0 saturated heterocycles. The molecule has 1 heterocycles. The Morgan fingerprint density at radius 2 is 1.95 bits per heavy atom. The second-order valence-electron chi connectivity index (χ2n) is 5.32. The van der Waals surface area contributed by atoms with Crippen LogP contribution in [0.3, 0.4) is 0 Å². The fourth-order valence-electron chi connectivity index (χ4n) is 2.16. The van der Waals surface area contributed by atoms with Crippen LogP contribution in [0.1, 0.15) is 36.7 Å². The second-order valence-corrected chi connectivity index (χ2v) is 5.32. The first-order valence-electron chi connectivity index (χ1n) is 6.82. The van der Waals surface area contributed by atoms with E-state index < -0.39 is 0 Å². The third-order valence-electron chi connectivity index (χ3n) is 3.14. The quantitative estimate of drug-likeness (QED) is 0.908. The molecule has 0 amide bonds. The molecule has 1 unspecified atom stereocenters. The van der Waals surface area contributed by atoms with E-state index in [0.717, 1.165) is 17.7 Å². The maximum absolute atomic E-state index is 6.26. The summed E-state index contributed by atoms with van der Waals surface area (Å²) in [4.78, 5) is 0. The van der Waals surface area contributed by atoms with Gasteiger partial charge in [-0.1, -0.05) is 38.1 Å². The Kier molecular flexibility index (Phi) is 4.69. The third-order valence-corrected chi connectivity index (χ3v) is 3.14. The highest BCUT2D eigenvalue weighted by atomic mass is 16.5. The summed E-state index contributed by atoms with van der Waals surface area (Å²) in [6.45, 7) is 4.42. The van der Waals surface area contributed by atoms with Crippen molar-refractivity contribution in [2.45, 2.75) is 26.3 Å². The number of hydrogen-bond acceptors (Lipinski definition) is 4. The zero-order chi connectivity index (χ0) is 14.5. The Hall–Kier alpha value is -1.94. The summed E-state index contributed by atoms with van der Waals surface area (Å²) >= 11 is 0. The third kappa shape index (κ3) is 3.54. The summed E-state index contributed by atoms with van der Waals surface area (Å²) in [7, 11) is 1.57. The first-order valence-corrected chi connectivity index (χ1v) is 6.82. The summed E-state index contributed by atoms with van der Waals surface area (Å²) in [5.74, 6) is 1.12. The molecular formula is C16H21N3O. The van der Waals surface area contributed by atoms with Crippen molar-refractivity contribution in [1.29, 1.82) is 0 Å². The number of aromatic nitrogens is 2. The predicted octanol–water partition coefficient (Wildman–Crippen LogP) is 2.73. The Morgan fingerprint density at radius 1 is 1.15 bits per heavy atom. The number of nitrogens with two attached hydrogens (primary N) is 1. The molecule has 4 nitrogen and oxygen atoms in total. The van der Waals surface area contributed by atoms with Crippen LogP contribution in [0.5, 0.6) is 5.88 Å². The van der Waals surface area contributed by atoms with E-state index >= 15 is 0 Å². The van der Waals surface area contributed by atoms with E-state index in [-0.39, 0.29) is 6.04 Å². The molecule has 2 rings (SSSR count). The van der Waals surface area contributed by atoms with Gasteiger partial charge in [0.15, 0.2) is 0 Å². The summed E-state index contributed by atoms with van der Waals surface area (Å²) in [5, 5.41) is 8.08. The molecular weight excluding hydrogens is 250 g/mol. The smallest absolute Gasteiger partial charge is 0.233 e. The van der Waals surface area contributed by atoms with Crippen LogP contribution in [-0.4, -0.2) is 17.3 Å². The molecule has 0 fully saturated rings. The lowest BCUT2D eigenvalue weighted by molar-refractivity contribution is 0.390. The molecule has 1 atom stereocenters. The largest absolute Gasteiger partial charge is 0.480 e. The minimum Gasteiger partial charge on any atom is -0.480 e. The van der Waals surface area contributed by atoms with Crippen LogP contribution in [0.15, 0.2) is 36.4 Å². The van der Waals surface area contributed by atoms with Crippen molar-refractivity contribution in [3.05, 3.63) is 53.2 Å². The molecule has 1 aromatic carbocycles. The lowest BCUT2D eigenvalue weighted by Crippen LogP contribution is -2.14. The number of nitrogens with zero attached hydrogens (tertiary/aromatic N) is 2. The lowest BCUT2D eigenvalue weighted by atomic mass is 9.97.